The highest BCUT2D eigenvalue weighted by Gasteiger charge is 2.11. The monoisotopic (exact) mass is 269 g/mol. The van der Waals surface area contributed by atoms with Crippen LogP contribution in [0.5, 0.6) is 0 Å². The van der Waals surface area contributed by atoms with Gasteiger partial charge in [0.05, 0.1) is 0 Å². The molecular weight excluding hydrogens is 256 g/mol. The molecule has 0 unspecified atom stereocenters. The van der Waals surface area contributed by atoms with Gasteiger partial charge in [-0.1, -0.05) is 36.4 Å². The number of rotatable bonds is 3. The summed E-state index contributed by atoms with van der Waals surface area (Å²) in [7, 11) is 0. The zero-order valence-corrected chi connectivity index (χ0v) is 11.0. The Kier molecular flexibility index (Phi) is 4.27. The molecule has 0 aromatic heterocycles. The molecule has 1 nitrogen and oxygen atoms in total. The van der Waals surface area contributed by atoms with Crippen LogP contribution < -0.4 is 0 Å². The van der Waals surface area contributed by atoms with E-state index in [4.69, 9.17) is 5.26 Å². The second-order valence-electron chi connectivity index (χ2n) is 4.40. The molecule has 0 saturated carbocycles. The van der Waals surface area contributed by atoms with Gasteiger partial charge in [-0.05, 0) is 42.2 Å². The van der Waals surface area contributed by atoms with Gasteiger partial charge in [0.15, 0.2) is 0 Å². The van der Waals surface area contributed by atoms with E-state index in [9.17, 15) is 8.78 Å². The molecule has 0 fully saturated rings. The number of hydrogen-bond donors (Lipinski definition) is 0. The van der Waals surface area contributed by atoms with Crippen LogP contribution in [0.2, 0.25) is 0 Å². The third kappa shape index (κ3) is 2.92. The second kappa shape index (κ2) is 6.12. The number of nitrogens with zero attached hydrogens (tertiary/aromatic N) is 1. The topological polar surface area (TPSA) is 23.8 Å². The van der Waals surface area contributed by atoms with E-state index in [1.54, 1.807) is 0 Å². The Balaban J connectivity index is 2.35. The molecule has 0 amide bonds. The molecule has 2 aromatic rings. The maximum Gasteiger partial charge on any atom is 0.144 e. The van der Waals surface area contributed by atoms with Crippen LogP contribution in [-0.2, 0) is 6.42 Å². The highest BCUT2D eigenvalue weighted by atomic mass is 19.1. The zero-order valence-electron chi connectivity index (χ0n) is 11.0. The van der Waals surface area contributed by atoms with E-state index in [0.29, 0.717) is 5.56 Å². The van der Waals surface area contributed by atoms with E-state index >= 15 is 0 Å². The first-order valence-electron chi connectivity index (χ1n) is 6.25. The largest absolute Gasteiger partial charge is 0.205 e. The van der Waals surface area contributed by atoms with Gasteiger partial charge in [0.1, 0.15) is 23.3 Å². The number of hydrogen-bond acceptors (Lipinski definition) is 1. The normalized spacial score (nSPS) is 10.7. The molecule has 0 spiro atoms. The molecule has 0 N–H and O–H groups in total. The van der Waals surface area contributed by atoms with Crippen molar-refractivity contribution in [1.29, 1.82) is 5.26 Å². The van der Waals surface area contributed by atoms with Crippen molar-refractivity contribution in [1.82, 2.24) is 0 Å². The standard InChI is InChI=1S/C17H13F2N/c1-2-3-4-12-5-7-13(8-6-12)14-9-16(18)15(11-20)17(19)10-14/h2-3,5-10H,4H2,1H3. The molecule has 20 heavy (non-hydrogen) atoms. The van der Waals surface area contributed by atoms with Crippen molar-refractivity contribution in [2.75, 3.05) is 0 Å². The predicted molar refractivity (Wildman–Crippen MR) is 75.0 cm³/mol. The highest BCUT2D eigenvalue weighted by Crippen LogP contribution is 2.24. The second-order valence-corrected chi connectivity index (χ2v) is 4.40. The fourth-order valence-corrected chi connectivity index (χ4v) is 1.93. The zero-order chi connectivity index (χ0) is 14.5. The van der Waals surface area contributed by atoms with Crippen molar-refractivity contribution < 1.29 is 8.78 Å². The van der Waals surface area contributed by atoms with Crippen molar-refractivity contribution in [2.24, 2.45) is 0 Å². The Morgan fingerprint density at radius 2 is 1.65 bits per heavy atom. The van der Waals surface area contributed by atoms with E-state index in [-0.39, 0.29) is 0 Å². The Morgan fingerprint density at radius 1 is 1.05 bits per heavy atom. The summed E-state index contributed by atoms with van der Waals surface area (Å²) in [6.45, 7) is 1.96. The van der Waals surface area contributed by atoms with Crippen LogP contribution in [0.15, 0.2) is 48.6 Å². The Labute approximate surface area is 116 Å². The summed E-state index contributed by atoms with van der Waals surface area (Å²) < 4.78 is 27.1. The summed E-state index contributed by atoms with van der Waals surface area (Å²) in [6, 6.07) is 11.4. The summed E-state index contributed by atoms with van der Waals surface area (Å²) in [5.41, 5.74) is 1.73. The average Bonchev–Trinajstić information content (AvgIpc) is 2.45. The summed E-state index contributed by atoms with van der Waals surface area (Å²) in [4.78, 5) is 0. The lowest BCUT2D eigenvalue weighted by Gasteiger charge is -2.05. The van der Waals surface area contributed by atoms with Gasteiger partial charge in [0.2, 0.25) is 0 Å². The first-order chi connectivity index (χ1) is 9.65. The lowest BCUT2D eigenvalue weighted by atomic mass is 10.0. The maximum atomic E-state index is 13.6. The first-order valence-corrected chi connectivity index (χ1v) is 6.25. The first kappa shape index (κ1) is 14.0. The Bertz CT molecular complexity index is 656. The molecular formula is C17H13F2N. The fraction of sp³-hybridized carbons (Fsp3) is 0.118. The van der Waals surface area contributed by atoms with Crippen LogP contribution in [0.3, 0.4) is 0 Å². The summed E-state index contributed by atoms with van der Waals surface area (Å²) in [5.74, 6) is -1.67. The molecule has 100 valence electrons. The van der Waals surface area contributed by atoms with Gasteiger partial charge in [0, 0.05) is 0 Å². The lowest BCUT2D eigenvalue weighted by molar-refractivity contribution is 0.577. The Hall–Kier alpha value is -2.47. The number of nitriles is 1. The lowest BCUT2D eigenvalue weighted by Crippen LogP contribution is -1.92. The van der Waals surface area contributed by atoms with Crippen molar-refractivity contribution >= 4 is 0 Å². The molecule has 0 aliphatic rings. The van der Waals surface area contributed by atoms with Crippen LogP contribution in [0, 0.1) is 23.0 Å². The number of halogens is 2. The van der Waals surface area contributed by atoms with E-state index in [2.05, 4.69) is 0 Å². The Morgan fingerprint density at radius 3 is 2.15 bits per heavy atom. The van der Waals surface area contributed by atoms with Gasteiger partial charge in [-0.3, -0.25) is 0 Å². The quantitative estimate of drug-likeness (QED) is 0.746. The highest BCUT2D eigenvalue weighted by molar-refractivity contribution is 5.65. The predicted octanol–water partition coefficient (Wildman–Crippen LogP) is 4.62. The van der Waals surface area contributed by atoms with Crippen LogP contribution in [0.25, 0.3) is 11.1 Å². The van der Waals surface area contributed by atoms with E-state index in [1.807, 2.05) is 43.3 Å². The molecule has 0 aliphatic heterocycles. The van der Waals surface area contributed by atoms with Gasteiger partial charge >= 0.3 is 0 Å². The van der Waals surface area contributed by atoms with Crippen molar-refractivity contribution in [3.8, 4) is 17.2 Å². The fourth-order valence-electron chi connectivity index (χ4n) is 1.93. The van der Waals surface area contributed by atoms with E-state index < -0.39 is 17.2 Å². The molecule has 0 radical (unpaired) electrons. The third-order valence-electron chi connectivity index (χ3n) is 3.03. The van der Waals surface area contributed by atoms with Gasteiger partial charge in [-0.15, -0.1) is 0 Å². The molecule has 0 aliphatic carbocycles. The minimum absolute atomic E-state index is 0.427. The molecule has 0 saturated heterocycles. The SMILES string of the molecule is CC=CCc1ccc(-c2cc(F)c(C#N)c(F)c2)cc1. The summed E-state index contributed by atoms with van der Waals surface area (Å²) in [6.07, 6.45) is 4.84. The molecule has 3 heteroatoms. The van der Waals surface area contributed by atoms with Crippen molar-refractivity contribution in [2.45, 2.75) is 13.3 Å². The number of allylic oxidation sites excluding steroid dienone is 2. The summed E-state index contributed by atoms with van der Waals surface area (Å²) >= 11 is 0. The van der Waals surface area contributed by atoms with Crippen LogP contribution >= 0.6 is 0 Å². The molecule has 0 bridgehead atoms. The smallest absolute Gasteiger partial charge is 0.144 e. The maximum absolute atomic E-state index is 13.6. The summed E-state index contributed by atoms with van der Waals surface area (Å²) in [5, 5.41) is 8.64. The van der Waals surface area contributed by atoms with E-state index in [1.165, 1.54) is 18.2 Å². The van der Waals surface area contributed by atoms with Crippen LogP contribution in [0.1, 0.15) is 18.1 Å². The van der Waals surface area contributed by atoms with E-state index in [0.717, 1.165) is 17.5 Å². The van der Waals surface area contributed by atoms with Gasteiger partial charge in [-0.2, -0.15) is 5.26 Å². The van der Waals surface area contributed by atoms with Gasteiger partial charge < -0.3 is 0 Å². The third-order valence-corrected chi connectivity index (χ3v) is 3.03. The average molecular weight is 269 g/mol. The van der Waals surface area contributed by atoms with Crippen molar-refractivity contribution in [3.05, 3.63) is 71.3 Å². The van der Waals surface area contributed by atoms with Crippen LogP contribution in [-0.4, -0.2) is 0 Å². The van der Waals surface area contributed by atoms with Gasteiger partial charge in [0.25, 0.3) is 0 Å². The molecule has 0 heterocycles. The van der Waals surface area contributed by atoms with Crippen LogP contribution in [0.4, 0.5) is 8.78 Å². The van der Waals surface area contributed by atoms with Gasteiger partial charge in [-0.25, -0.2) is 8.78 Å². The molecule has 2 aromatic carbocycles. The van der Waals surface area contributed by atoms with Crippen molar-refractivity contribution in [3.63, 3.8) is 0 Å². The molecule has 2 rings (SSSR count). The number of benzene rings is 2. The molecule has 0 atom stereocenters. The minimum atomic E-state index is -0.833. The minimum Gasteiger partial charge on any atom is -0.205 e.